The number of hydrogen-bond acceptors (Lipinski definition) is 5. The minimum absolute atomic E-state index is 0.0522. The first kappa shape index (κ1) is 18.1. The van der Waals surface area contributed by atoms with Crippen LogP contribution in [0.3, 0.4) is 0 Å². The molecule has 1 aromatic rings. The first-order valence-corrected chi connectivity index (χ1v) is 10.5. The van der Waals surface area contributed by atoms with E-state index in [1.165, 1.54) is 5.01 Å². The van der Waals surface area contributed by atoms with Gasteiger partial charge in [-0.15, -0.1) is 0 Å². The fourth-order valence-electron chi connectivity index (χ4n) is 2.95. The molecule has 3 rings (SSSR count). The summed E-state index contributed by atoms with van der Waals surface area (Å²) in [5, 5.41) is 8.16. The topological polar surface area (TPSA) is 95.9 Å². The average Bonchev–Trinajstić information content (AvgIpc) is 2.90. The molecule has 0 unspecified atom stereocenters. The molecule has 2 aliphatic rings. The summed E-state index contributed by atoms with van der Waals surface area (Å²) in [5.41, 5.74) is 1.81. The molecule has 2 amide bonds. The molecular weight excluding hydrogens is 410 g/mol. The van der Waals surface area contributed by atoms with Crippen LogP contribution < -0.4 is 5.32 Å². The Morgan fingerprint density at radius 3 is 2.76 bits per heavy atom. The molecule has 0 saturated carbocycles. The van der Waals surface area contributed by atoms with Crippen LogP contribution >= 0.6 is 15.9 Å². The number of halogens is 1. The number of hydrogen-bond donors (Lipinski definition) is 1. The summed E-state index contributed by atoms with van der Waals surface area (Å²) in [6, 6.07) is 5.02. The Bertz CT molecular complexity index is 866. The molecule has 2 aliphatic heterocycles. The quantitative estimate of drug-likeness (QED) is 0.795. The average molecular weight is 428 g/mol. The fourth-order valence-corrected chi connectivity index (χ4v) is 5.12. The molecule has 0 spiro atoms. The van der Waals surface area contributed by atoms with Crippen molar-refractivity contribution in [1.82, 2.24) is 5.01 Å². The lowest BCUT2D eigenvalue weighted by molar-refractivity contribution is -0.133. The monoisotopic (exact) mass is 427 g/mol. The molecule has 25 heavy (non-hydrogen) atoms. The molecule has 134 valence electrons. The second kappa shape index (κ2) is 6.87. The van der Waals surface area contributed by atoms with Gasteiger partial charge in [-0.25, -0.2) is 13.4 Å². The van der Waals surface area contributed by atoms with E-state index in [1.54, 1.807) is 6.07 Å². The van der Waals surface area contributed by atoms with Crippen molar-refractivity contribution in [3.05, 3.63) is 28.2 Å². The minimum atomic E-state index is -3.13. The molecule has 1 atom stereocenters. The van der Waals surface area contributed by atoms with Crippen LogP contribution in [0.2, 0.25) is 0 Å². The van der Waals surface area contributed by atoms with Crippen LogP contribution in [0.1, 0.15) is 24.8 Å². The number of amides is 2. The number of aryl methyl sites for hydroxylation is 1. The summed E-state index contributed by atoms with van der Waals surface area (Å²) in [5.74, 6) is -0.651. The summed E-state index contributed by atoms with van der Waals surface area (Å²) in [7, 11) is -3.13. The Morgan fingerprint density at radius 1 is 1.36 bits per heavy atom. The third-order valence-electron chi connectivity index (χ3n) is 4.31. The van der Waals surface area contributed by atoms with Crippen molar-refractivity contribution in [3.63, 3.8) is 0 Å². The number of anilines is 1. The van der Waals surface area contributed by atoms with E-state index >= 15 is 0 Å². The number of nitrogens with zero attached hydrogens (tertiary/aromatic N) is 2. The molecule has 1 saturated heterocycles. The Labute approximate surface area is 154 Å². The Morgan fingerprint density at radius 2 is 2.12 bits per heavy atom. The number of carbonyl (C=O) groups excluding carboxylic acids is 2. The van der Waals surface area contributed by atoms with Gasteiger partial charge in [-0.3, -0.25) is 9.59 Å². The summed E-state index contributed by atoms with van der Waals surface area (Å²) in [4.78, 5) is 24.6. The Hall–Kier alpha value is -1.74. The van der Waals surface area contributed by atoms with Crippen LogP contribution in [-0.4, -0.2) is 48.5 Å². The Balaban J connectivity index is 1.77. The van der Waals surface area contributed by atoms with Crippen LogP contribution in [0, 0.1) is 6.92 Å². The first-order chi connectivity index (χ1) is 11.7. The highest BCUT2D eigenvalue weighted by Gasteiger charge is 2.37. The van der Waals surface area contributed by atoms with Crippen molar-refractivity contribution < 1.29 is 18.0 Å². The number of nitrogens with one attached hydrogen (secondary N) is 1. The van der Waals surface area contributed by atoms with Crippen LogP contribution in [-0.2, 0) is 19.4 Å². The molecule has 1 fully saturated rings. The van der Waals surface area contributed by atoms with E-state index in [1.807, 2.05) is 19.1 Å². The van der Waals surface area contributed by atoms with E-state index in [0.29, 0.717) is 12.1 Å². The Kier molecular flexibility index (Phi) is 4.97. The highest BCUT2D eigenvalue weighted by atomic mass is 79.9. The van der Waals surface area contributed by atoms with Crippen LogP contribution in [0.15, 0.2) is 27.8 Å². The number of benzene rings is 1. The lowest BCUT2D eigenvalue weighted by Crippen LogP contribution is -2.42. The van der Waals surface area contributed by atoms with E-state index in [9.17, 15) is 18.0 Å². The fraction of sp³-hybridized carbons (Fsp3) is 0.438. The second-order valence-electron chi connectivity index (χ2n) is 6.26. The minimum Gasteiger partial charge on any atom is -0.321 e. The smallest absolute Gasteiger partial charge is 0.271 e. The predicted octanol–water partition coefficient (Wildman–Crippen LogP) is 1.86. The summed E-state index contributed by atoms with van der Waals surface area (Å²) < 4.78 is 24.2. The standard InChI is InChI=1S/C16H18BrN3O4S/c1-10-8-11(17)2-3-13(10)18-16(22)14-4-5-15(21)20(19-14)12-6-7-25(23,24)9-12/h2-3,8,12H,4-7,9H2,1H3,(H,18,22)/t12-/m0/s1. The van der Waals surface area contributed by atoms with Crippen molar-refractivity contribution >= 4 is 49.0 Å². The van der Waals surface area contributed by atoms with E-state index in [2.05, 4.69) is 26.3 Å². The van der Waals surface area contributed by atoms with Gasteiger partial charge in [0.15, 0.2) is 9.84 Å². The van der Waals surface area contributed by atoms with Crippen molar-refractivity contribution in [2.75, 3.05) is 16.8 Å². The number of sulfone groups is 1. The van der Waals surface area contributed by atoms with E-state index in [4.69, 9.17) is 0 Å². The zero-order chi connectivity index (χ0) is 18.2. The molecule has 7 nitrogen and oxygen atoms in total. The zero-order valence-corrected chi connectivity index (χ0v) is 16.1. The van der Waals surface area contributed by atoms with Gasteiger partial charge in [-0.05, 0) is 37.1 Å². The molecule has 1 aromatic carbocycles. The van der Waals surface area contributed by atoms with E-state index in [-0.39, 0.29) is 41.9 Å². The number of hydrazone groups is 1. The lowest BCUT2D eigenvalue weighted by Gasteiger charge is -2.27. The highest BCUT2D eigenvalue weighted by molar-refractivity contribution is 9.10. The maximum absolute atomic E-state index is 12.5. The van der Waals surface area contributed by atoms with Crippen LogP contribution in [0.4, 0.5) is 5.69 Å². The molecule has 0 bridgehead atoms. The van der Waals surface area contributed by atoms with Gasteiger partial charge in [-0.2, -0.15) is 5.10 Å². The lowest BCUT2D eigenvalue weighted by atomic mass is 10.1. The van der Waals surface area contributed by atoms with Crippen molar-refractivity contribution in [2.24, 2.45) is 5.10 Å². The van der Waals surface area contributed by atoms with Gasteiger partial charge in [-0.1, -0.05) is 15.9 Å². The van der Waals surface area contributed by atoms with Gasteiger partial charge in [0.1, 0.15) is 5.71 Å². The number of carbonyl (C=O) groups is 2. The maximum Gasteiger partial charge on any atom is 0.271 e. The molecule has 9 heteroatoms. The predicted molar refractivity (Wildman–Crippen MR) is 98.1 cm³/mol. The summed E-state index contributed by atoms with van der Waals surface area (Å²) in [6.07, 6.45) is 0.761. The van der Waals surface area contributed by atoms with E-state index < -0.39 is 15.9 Å². The molecule has 1 N–H and O–H groups in total. The third kappa shape index (κ3) is 4.09. The van der Waals surface area contributed by atoms with Crippen LogP contribution in [0.25, 0.3) is 0 Å². The van der Waals surface area contributed by atoms with Gasteiger partial charge in [0.05, 0.1) is 17.5 Å². The molecule has 0 aromatic heterocycles. The van der Waals surface area contributed by atoms with Crippen molar-refractivity contribution in [1.29, 1.82) is 0 Å². The number of rotatable bonds is 3. The highest BCUT2D eigenvalue weighted by Crippen LogP contribution is 2.23. The summed E-state index contributed by atoms with van der Waals surface area (Å²) >= 11 is 3.37. The van der Waals surface area contributed by atoms with Gasteiger partial charge >= 0.3 is 0 Å². The molecular formula is C16H18BrN3O4S. The second-order valence-corrected chi connectivity index (χ2v) is 9.40. The van der Waals surface area contributed by atoms with E-state index in [0.717, 1.165) is 10.0 Å². The molecule has 0 radical (unpaired) electrons. The molecule has 0 aliphatic carbocycles. The largest absolute Gasteiger partial charge is 0.321 e. The van der Waals surface area contributed by atoms with Gasteiger partial charge in [0, 0.05) is 23.0 Å². The van der Waals surface area contributed by atoms with Crippen LogP contribution in [0.5, 0.6) is 0 Å². The van der Waals surface area contributed by atoms with Gasteiger partial charge < -0.3 is 5.32 Å². The van der Waals surface area contributed by atoms with Crippen molar-refractivity contribution in [2.45, 2.75) is 32.2 Å². The SMILES string of the molecule is Cc1cc(Br)ccc1NC(=O)C1=NN([C@H]2CCS(=O)(=O)C2)C(=O)CC1. The summed E-state index contributed by atoms with van der Waals surface area (Å²) in [6.45, 7) is 1.88. The maximum atomic E-state index is 12.5. The van der Waals surface area contributed by atoms with Gasteiger partial charge in [0.2, 0.25) is 5.91 Å². The normalized spacial score (nSPS) is 22.6. The van der Waals surface area contributed by atoms with Gasteiger partial charge in [0.25, 0.3) is 5.91 Å². The first-order valence-electron chi connectivity index (χ1n) is 7.92. The van der Waals surface area contributed by atoms with Crippen molar-refractivity contribution in [3.8, 4) is 0 Å². The zero-order valence-electron chi connectivity index (χ0n) is 13.7. The third-order valence-corrected chi connectivity index (χ3v) is 6.56. The molecule has 2 heterocycles.